The number of guanidine groups is 1. The molecule has 2 N–H and O–H groups in total. The number of carbonyl (C=O) groups excluding carboxylic acids is 1. The van der Waals surface area contributed by atoms with Crippen LogP contribution in [0.15, 0.2) is 4.99 Å². The van der Waals surface area contributed by atoms with E-state index in [1.165, 1.54) is 0 Å². The molecule has 1 fully saturated rings. The average molecular weight is 484 g/mol. The summed E-state index contributed by atoms with van der Waals surface area (Å²) in [5.74, 6) is 0.954. The smallest absolute Gasteiger partial charge is 0.222 e. The first kappa shape index (κ1) is 25.4. The van der Waals surface area contributed by atoms with Crippen molar-refractivity contribution in [2.75, 3.05) is 46.5 Å². The second-order valence-corrected chi connectivity index (χ2v) is 6.61. The lowest BCUT2D eigenvalue weighted by Gasteiger charge is -2.34. The Bertz CT molecular complexity index is 400. The van der Waals surface area contributed by atoms with Crippen molar-refractivity contribution in [3.8, 4) is 0 Å². The van der Waals surface area contributed by atoms with Crippen molar-refractivity contribution in [2.45, 2.75) is 58.6 Å². The first-order valence-corrected chi connectivity index (χ1v) is 9.50. The third-order valence-corrected chi connectivity index (χ3v) is 3.97. The van der Waals surface area contributed by atoms with Crippen LogP contribution in [0.3, 0.4) is 0 Å². The van der Waals surface area contributed by atoms with Gasteiger partial charge in [0.2, 0.25) is 5.91 Å². The molecule has 0 saturated carbocycles. The van der Waals surface area contributed by atoms with Crippen molar-refractivity contribution in [1.82, 2.24) is 15.5 Å². The van der Waals surface area contributed by atoms with Gasteiger partial charge in [0.1, 0.15) is 0 Å². The van der Waals surface area contributed by atoms with Crippen LogP contribution < -0.4 is 10.6 Å². The number of ether oxygens (including phenoxy) is 2. The highest BCUT2D eigenvalue weighted by atomic mass is 127. The lowest BCUT2D eigenvalue weighted by molar-refractivity contribution is -0.121. The van der Waals surface area contributed by atoms with Gasteiger partial charge in [-0.2, -0.15) is 0 Å². The summed E-state index contributed by atoms with van der Waals surface area (Å²) in [7, 11) is 1.71. The van der Waals surface area contributed by atoms with Crippen LogP contribution in [-0.2, 0) is 14.3 Å². The van der Waals surface area contributed by atoms with E-state index in [2.05, 4.69) is 27.4 Å². The number of aliphatic imine (C=N–C) groups is 1. The molecule has 0 atom stereocenters. The number of carbonyl (C=O) groups is 1. The van der Waals surface area contributed by atoms with Gasteiger partial charge < -0.3 is 25.0 Å². The number of nitrogens with zero attached hydrogens (tertiary/aromatic N) is 2. The van der Waals surface area contributed by atoms with Gasteiger partial charge in [-0.1, -0.05) is 0 Å². The number of hydrogen-bond donors (Lipinski definition) is 2. The van der Waals surface area contributed by atoms with Crippen LogP contribution in [0.1, 0.15) is 46.5 Å². The quantitative estimate of drug-likeness (QED) is 0.215. The minimum absolute atomic E-state index is 0. The number of nitrogens with one attached hydrogen (secondary N) is 2. The largest absolute Gasteiger partial charge is 0.385 e. The lowest BCUT2D eigenvalue weighted by Crippen LogP contribution is -2.47. The maximum atomic E-state index is 11.7. The molecule has 0 aromatic carbocycles. The Morgan fingerprint density at radius 1 is 1.27 bits per heavy atom. The SMILES string of the molecule is CCNC(=NCCC(=O)NC(C)C)N1CCC(OCCCOC)CC1.I. The number of amides is 1. The zero-order valence-electron chi connectivity index (χ0n) is 16.8. The third kappa shape index (κ3) is 11.2. The molecule has 1 aliphatic heterocycles. The molecule has 1 heterocycles. The summed E-state index contributed by atoms with van der Waals surface area (Å²) in [6.45, 7) is 10.7. The van der Waals surface area contributed by atoms with Gasteiger partial charge in [-0.05, 0) is 40.0 Å². The highest BCUT2D eigenvalue weighted by molar-refractivity contribution is 14.0. The molecule has 1 aliphatic rings. The maximum Gasteiger partial charge on any atom is 0.222 e. The Morgan fingerprint density at radius 2 is 1.96 bits per heavy atom. The minimum atomic E-state index is 0. The molecule has 1 rings (SSSR count). The van der Waals surface area contributed by atoms with Crippen molar-refractivity contribution in [3.05, 3.63) is 0 Å². The molecule has 0 aliphatic carbocycles. The lowest BCUT2D eigenvalue weighted by atomic mass is 10.1. The first-order chi connectivity index (χ1) is 12.1. The van der Waals surface area contributed by atoms with Crippen molar-refractivity contribution < 1.29 is 14.3 Å². The molecule has 0 unspecified atom stereocenters. The van der Waals surface area contributed by atoms with E-state index in [0.717, 1.165) is 58.1 Å². The van der Waals surface area contributed by atoms with E-state index in [1.807, 2.05) is 13.8 Å². The maximum absolute atomic E-state index is 11.7. The normalized spacial score (nSPS) is 15.7. The molecule has 7 nitrogen and oxygen atoms in total. The van der Waals surface area contributed by atoms with Gasteiger partial charge in [-0.3, -0.25) is 9.79 Å². The van der Waals surface area contributed by atoms with E-state index in [9.17, 15) is 4.79 Å². The minimum Gasteiger partial charge on any atom is -0.385 e. The zero-order valence-corrected chi connectivity index (χ0v) is 19.1. The number of methoxy groups -OCH3 is 1. The van der Waals surface area contributed by atoms with Gasteiger partial charge in [-0.25, -0.2) is 0 Å². The van der Waals surface area contributed by atoms with Crippen LogP contribution in [-0.4, -0.2) is 75.4 Å². The summed E-state index contributed by atoms with van der Waals surface area (Å²) in [6, 6.07) is 0.174. The summed E-state index contributed by atoms with van der Waals surface area (Å²) in [6.07, 6.45) is 3.70. The predicted octanol–water partition coefficient (Wildman–Crippen LogP) is 2.00. The van der Waals surface area contributed by atoms with Crippen LogP contribution in [0.25, 0.3) is 0 Å². The Balaban J connectivity index is 0.00000625. The molecule has 0 aromatic rings. The summed E-state index contributed by atoms with van der Waals surface area (Å²) in [5.41, 5.74) is 0. The fourth-order valence-corrected chi connectivity index (χ4v) is 2.77. The van der Waals surface area contributed by atoms with Gasteiger partial charge >= 0.3 is 0 Å². The highest BCUT2D eigenvalue weighted by Crippen LogP contribution is 2.14. The molecule has 1 amide bonds. The number of halogens is 1. The van der Waals surface area contributed by atoms with E-state index >= 15 is 0 Å². The van der Waals surface area contributed by atoms with Crippen LogP contribution in [0.2, 0.25) is 0 Å². The number of likely N-dealkylation sites (tertiary alicyclic amines) is 1. The predicted molar refractivity (Wildman–Crippen MR) is 116 cm³/mol. The highest BCUT2D eigenvalue weighted by Gasteiger charge is 2.21. The molecule has 0 aromatic heterocycles. The fraction of sp³-hybridized carbons (Fsp3) is 0.889. The Kier molecular flexibility index (Phi) is 15.1. The van der Waals surface area contributed by atoms with E-state index in [1.54, 1.807) is 7.11 Å². The van der Waals surface area contributed by atoms with Crippen LogP contribution in [0.5, 0.6) is 0 Å². The van der Waals surface area contributed by atoms with Crippen LogP contribution in [0.4, 0.5) is 0 Å². The van der Waals surface area contributed by atoms with Gasteiger partial charge in [0.25, 0.3) is 0 Å². The second kappa shape index (κ2) is 15.4. The molecule has 1 saturated heterocycles. The molecule has 0 bridgehead atoms. The van der Waals surface area contributed by atoms with Crippen LogP contribution in [0, 0.1) is 0 Å². The van der Waals surface area contributed by atoms with E-state index < -0.39 is 0 Å². The Morgan fingerprint density at radius 3 is 2.54 bits per heavy atom. The molecule has 154 valence electrons. The molecule has 26 heavy (non-hydrogen) atoms. The standard InChI is InChI=1S/C18H36N4O3.HI/c1-5-19-18(20-10-7-17(23)21-15(2)3)22-11-8-16(9-12-22)25-14-6-13-24-4;/h15-16H,5-14H2,1-4H3,(H,19,20)(H,21,23);1H. The monoisotopic (exact) mass is 484 g/mol. The van der Waals surface area contributed by atoms with Gasteiger partial charge in [-0.15, -0.1) is 24.0 Å². The summed E-state index contributed by atoms with van der Waals surface area (Å²) in [5, 5.41) is 6.22. The van der Waals surface area contributed by atoms with E-state index in [-0.39, 0.29) is 35.9 Å². The third-order valence-electron chi connectivity index (χ3n) is 3.97. The summed E-state index contributed by atoms with van der Waals surface area (Å²) >= 11 is 0. The zero-order chi connectivity index (χ0) is 18.5. The van der Waals surface area contributed by atoms with Gasteiger partial charge in [0.15, 0.2) is 5.96 Å². The fourth-order valence-electron chi connectivity index (χ4n) is 2.77. The topological polar surface area (TPSA) is 75.2 Å². The van der Waals surface area contributed by atoms with Crippen LogP contribution >= 0.6 is 24.0 Å². The van der Waals surface area contributed by atoms with Crippen molar-refractivity contribution in [1.29, 1.82) is 0 Å². The van der Waals surface area contributed by atoms with Crippen molar-refractivity contribution in [2.24, 2.45) is 4.99 Å². The van der Waals surface area contributed by atoms with Gasteiger partial charge in [0.05, 0.1) is 12.6 Å². The molecular formula is C18H37IN4O3. The van der Waals surface area contributed by atoms with E-state index in [4.69, 9.17) is 9.47 Å². The first-order valence-electron chi connectivity index (χ1n) is 9.50. The average Bonchev–Trinajstić information content (AvgIpc) is 2.58. The van der Waals surface area contributed by atoms with E-state index in [0.29, 0.717) is 19.1 Å². The molecule has 0 radical (unpaired) electrons. The van der Waals surface area contributed by atoms with Crippen molar-refractivity contribution >= 4 is 35.8 Å². The van der Waals surface area contributed by atoms with Gasteiger partial charge in [0, 0.05) is 52.4 Å². The Hall–Kier alpha value is -0.610. The summed E-state index contributed by atoms with van der Waals surface area (Å²) in [4.78, 5) is 18.6. The van der Waals surface area contributed by atoms with Crippen molar-refractivity contribution in [3.63, 3.8) is 0 Å². The number of rotatable bonds is 10. The molecule has 0 spiro atoms. The summed E-state index contributed by atoms with van der Waals surface area (Å²) < 4.78 is 10.9. The molecule has 8 heteroatoms. The number of hydrogen-bond acceptors (Lipinski definition) is 4. The molecular weight excluding hydrogens is 447 g/mol. The Labute approximate surface area is 175 Å². The second-order valence-electron chi connectivity index (χ2n) is 6.61. The number of piperidine rings is 1.